The number of halogens is 1. The molecule has 0 aliphatic rings. The molecule has 1 heterocycles. The van der Waals surface area contributed by atoms with Crippen LogP contribution in [-0.2, 0) is 11.3 Å². The minimum Gasteiger partial charge on any atom is -0.353 e. The largest absolute Gasteiger partial charge is 0.353 e. The van der Waals surface area contributed by atoms with Crippen LogP contribution in [0.15, 0.2) is 12.4 Å². The zero-order chi connectivity index (χ0) is 12.1. The van der Waals surface area contributed by atoms with Crippen molar-refractivity contribution in [1.82, 2.24) is 20.0 Å². The second-order valence-electron chi connectivity index (χ2n) is 3.85. The zero-order valence-corrected chi connectivity index (χ0v) is 10.5. The second-order valence-corrected chi connectivity index (χ2v) is 4.29. The van der Waals surface area contributed by atoms with E-state index in [0.29, 0.717) is 18.1 Å². The molecule has 1 rings (SSSR count). The quantitative estimate of drug-likeness (QED) is 0.826. The van der Waals surface area contributed by atoms with Gasteiger partial charge in [0.15, 0.2) is 0 Å². The summed E-state index contributed by atoms with van der Waals surface area (Å²) in [7, 11) is 3.75. The second kappa shape index (κ2) is 5.86. The summed E-state index contributed by atoms with van der Waals surface area (Å²) in [6, 6.07) is -0.124. The summed E-state index contributed by atoms with van der Waals surface area (Å²) < 4.78 is 1.70. The summed E-state index contributed by atoms with van der Waals surface area (Å²) in [4.78, 5) is 13.4. The van der Waals surface area contributed by atoms with Gasteiger partial charge in [-0.3, -0.25) is 14.4 Å². The van der Waals surface area contributed by atoms with Crippen molar-refractivity contribution in [3.05, 3.63) is 17.4 Å². The first-order valence-corrected chi connectivity index (χ1v) is 5.50. The Labute approximate surface area is 100 Å². The monoisotopic (exact) mass is 244 g/mol. The molecule has 0 spiro atoms. The van der Waals surface area contributed by atoms with Gasteiger partial charge in [0.25, 0.3) is 0 Å². The summed E-state index contributed by atoms with van der Waals surface area (Å²) in [5.74, 6) is 0.0169. The highest BCUT2D eigenvalue weighted by atomic mass is 35.5. The number of rotatable bonds is 5. The number of carbonyl (C=O) groups is 1. The Kier molecular flexibility index (Phi) is 4.76. The fraction of sp³-hybridized carbons (Fsp3) is 0.600. The molecule has 0 aliphatic carbocycles. The van der Waals surface area contributed by atoms with E-state index in [2.05, 4.69) is 10.4 Å². The van der Waals surface area contributed by atoms with Crippen molar-refractivity contribution in [2.75, 3.05) is 20.6 Å². The highest BCUT2D eigenvalue weighted by Gasteiger charge is 2.13. The van der Waals surface area contributed by atoms with Gasteiger partial charge in [0.1, 0.15) is 0 Å². The Bertz CT molecular complexity index is 350. The number of amides is 1. The fourth-order valence-electron chi connectivity index (χ4n) is 1.14. The highest BCUT2D eigenvalue weighted by Crippen LogP contribution is 2.03. The van der Waals surface area contributed by atoms with Crippen LogP contribution in [0, 0.1) is 0 Å². The number of hydrogen-bond acceptors (Lipinski definition) is 3. The van der Waals surface area contributed by atoms with Crippen molar-refractivity contribution < 1.29 is 4.79 Å². The van der Waals surface area contributed by atoms with Crippen molar-refractivity contribution in [2.45, 2.75) is 19.5 Å². The third kappa shape index (κ3) is 3.83. The van der Waals surface area contributed by atoms with Gasteiger partial charge in [-0.2, -0.15) is 5.10 Å². The predicted molar refractivity (Wildman–Crippen MR) is 63.4 cm³/mol. The van der Waals surface area contributed by atoms with Gasteiger partial charge in [-0.25, -0.2) is 0 Å². The number of nitrogens with zero attached hydrogens (tertiary/aromatic N) is 3. The molecule has 5 nitrogen and oxygen atoms in total. The Morgan fingerprint density at radius 2 is 2.38 bits per heavy atom. The van der Waals surface area contributed by atoms with E-state index in [4.69, 9.17) is 11.6 Å². The van der Waals surface area contributed by atoms with E-state index >= 15 is 0 Å². The highest BCUT2D eigenvalue weighted by molar-refractivity contribution is 6.30. The average molecular weight is 245 g/mol. The molecule has 0 aromatic carbocycles. The van der Waals surface area contributed by atoms with Crippen LogP contribution in [0.5, 0.6) is 0 Å². The molecule has 90 valence electrons. The van der Waals surface area contributed by atoms with E-state index in [1.165, 1.54) is 0 Å². The Morgan fingerprint density at radius 3 is 2.88 bits per heavy atom. The molecule has 1 amide bonds. The standard InChI is InChI=1S/C10H17ClN4O/c1-8(14(2)3)10(16)12-4-5-15-7-9(11)6-13-15/h6-8H,4-5H2,1-3H3,(H,12,16)/t8-/m0/s1. The Balaban J connectivity index is 2.28. The summed E-state index contributed by atoms with van der Waals surface area (Å²) in [5.41, 5.74) is 0. The van der Waals surface area contributed by atoms with Gasteiger partial charge in [0, 0.05) is 12.7 Å². The van der Waals surface area contributed by atoms with Crippen molar-refractivity contribution in [3.8, 4) is 0 Å². The maximum atomic E-state index is 11.6. The van der Waals surface area contributed by atoms with Gasteiger partial charge in [0.05, 0.1) is 23.8 Å². The summed E-state index contributed by atoms with van der Waals surface area (Å²) in [5, 5.41) is 7.46. The molecular weight excluding hydrogens is 228 g/mol. The molecule has 0 fully saturated rings. The van der Waals surface area contributed by atoms with E-state index in [1.54, 1.807) is 17.1 Å². The molecule has 0 saturated carbocycles. The van der Waals surface area contributed by atoms with Gasteiger partial charge in [-0.15, -0.1) is 0 Å². The molecule has 6 heteroatoms. The minimum atomic E-state index is -0.124. The van der Waals surface area contributed by atoms with Crippen LogP contribution in [0.3, 0.4) is 0 Å². The van der Waals surface area contributed by atoms with Crippen molar-refractivity contribution >= 4 is 17.5 Å². The average Bonchev–Trinajstić information content (AvgIpc) is 2.62. The molecule has 0 radical (unpaired) electrons. The van der Waals surface area contributed by atoms with Crippen LogP contribution in [0.25, 0.3) is 0 Å². The first kappa shape index (κ1) is 13.0. The van der Waals surface area contributed by atoms with Gasteiger partial charge in [-0.1, -0.05) is 11.6 Å². The van der Waals surface area contributed by atoms with E-state index in [0.717, 1.165) is 0 Å². The molecule has 0 saturated heterocycles. The first-order valence-electron chi connectivity index (χ1n) is 5.13. The van der Waals surface area contributed by atoms with Gasteiger partial charge in [0.2, 0.25) is 5.91 Å². The molecule has 0 unspecified atom stereocenters. The molecule has 0 aliphatic heterocycles. The molecule has 1 aromatic heterocycles. The van der Waals surface area contributed by atoms with Crippen LogP contribution >= 0.6 is 11.6 Å². The number of likely N-dealkylation sites (N-methyl/N-ethyl adjacent to an activating group) is 1. The number of hydrogen-bond donors (Lipinski definition) is 1. The summed E-state index contributed by atoms with van der Waals surface area (Å²) in [6.45, 7) is 3.04. The third-order valence-corrected chi connectivity index (χ3v) is 2.59. The smallest absolute Gasteiger partial charge is 0.237 e. The van der Waals surface area contributed by atoms with E-state index in [1.807, 2.05) is 25.9 Å². The van der Waals surface area contributed by atoms with Crippen molar-refractivity contribution in [2.24, 2.45) is 0 Å². The first-order chi connectivity index (χ1) is 7.50. The SMILES string of the molecule is C[C@@H](C(=O)NCCn1cc(Cl)cn1)N(C)C. The number of carbonyl (C=O) groups excluding carboxylic acids is 1. The van der Waals surface area contributed by atoms with E-state index < -0.39 is 0 Å². The van der Waals surface area contributed by atoms with Gasteiger partial charge in [-0.05, 0) is 21.0 Å². The van der Waals surface area contributed by atoms with Gasteiger partial charge < -0.3 is 5.32 Å². The molecule has 1 N–H and O–H groups in total. The van der Waals surface area contributed by atoms with Crippen LogP contribution in [0.1, 0.15) is 6.92 Å². The van der Waals surface area contributed by atoms with Gasteiger partial charge >= 0.3 is 0 Å². The zero-order valence-electron chi connectivity index (χ0n) is 9.77. The summed E-state index contributed by atoms with van der Waals surface area (Å²) in [6.07, 6.45) is 3.30. The Hall–Kier alpha value is -1.07. The van der Waals surface area contributed by atoms with Crippen molar-refractivity contribution in [1.29, 1.82) is 0 Å². The van der Waals surface area contributed by atoms with E-state index in [-0.39, 0.29) is 11.9 Å². The molecule has 0 bridgehead atoms. The minimum absolute atomic E-state index is 0.0169. The maximum absolute atomic E-state index is 11.6. The lowest BCUT2D eigenvalue weighted by atomic mass is 10.3. The molecule has 1 aromatic rings. The lowest BCUT2D eigenvalue weighted by Crippen LogP contribution is -2.42. The summed E-state index contributed by atoms with van der Waals surface area (Å²) >= 11 is 5.72. The third-order valence-electron chi connectivity index (χ3n) is 2.40. The molecular formula is C10H17ClN4O. The topological polar surface area (TPSA) is 50.2 Å². The fourth-order valence-corrected chi connectivity index (χ4v) is 1.29. The predicted octanol–water partition coefficient (Wildman–Crippen LogP) is 0.603. The van der Waals surface area contributed by atoms with Crippen molar-refractivity contribution in [3.63, 3.8) is 0 Å². The lowest BCUT2D eigenvalue weighted by molar-refractivity contribution is -0.125. The molecule has 1 atom stereocenters. The number of nitrogens with one attached hydrogen (secondary N) is 1. The maximum Gasteiger partial charge on any atom is 0.237 e. The van der Waals surface area contributed by atoms with Crippen LogP contribution in [0.4, 0.5) is 0 Å². The normalized spacial score (nSPS) is 12.8. The van der Waals surface area contributed by atoms with Crippen LogP contribution in [-0.4, -0.2) is 47.3 Å². The molecule has 16 heavy (non-hydrogen) atoms. The van der Waals surface area contributed by atoms with Crippen LogP contribution in [0.2, 0.25) is 5.02 Å². The van der Waals surface area contributed by atoms with Crippen LogP contribution < -0.4 is 5.32 Å². The van der Waals surface area contributed by atoms with E-state index in [9.17, 15) is 4.79 Å². The Morgan fingerprint density at radius 1 is 1.69 bits per heavy atom. The number of aromatic nitrogens is 2. The lowest BCUT2D eigenvalue weighted by Gasteiger charge is -2.18.